The third kappa shape index (κ3) is 6.29. The highest BCUT2D eigenvalue weighted by Gasteiger charge is 2.09. The number of carbonyl (C=O) groups is 2. The molecule has 0 spiro atoms. The summed E-state index contributed by atoms with van der Waals surface area (Å²) in [6, 6.07) is 3.64. The molecule has 0 heterocycles. The first-order chi connectivity index (χ1) is 10.0. The molecule has 0 unspecified atom stereocenters. The average molecular weight is 313 g/mol. The summed E-state index contributed by atoms with van der Waals surface area (Å²) in [7, 11) is 0. The number of ether oxygens (including phenoxy) is 1. The van der Waals surface area contributed by atoms with E-state index < -0.39 is 12.0 Å². The summed E-state index contributed by atoms with van der Waals surface area (Å²) in [6.45, 7) is 4.89. The second kappa shape index (κ2) is 8.99. The van der Waals surface area contributed by atoms with E-state index in [1.54, 1.807) is 6.08 Å². The van der Waals surface area contributed by atoms with Crippen LogP contribution in [0.2, 0.25) is 5.02 Å². The molecule has 0 aromatic heterocycles. The first kappa shape index (κ1) is 17.0. The van der Waals surface area contributed by atoms with Crippen molar-refractivity contribution in [2.75, 3.05) is 25.1 Å². The Bertz CT molecular complexity index is 520. The molecule has 1 rings (SSSR count). The molecule has 0 radical (unpaired) electrons. The first-order valence-corrected chi connectivity index (χ1v) is 6.68. The lowest BCUT2D eigenvalue weighted by Gasteiger charge is -2.09. The van der Waals surface area contributed by atoms with Crippen molar-refractivity contribution in [1.82, 2.24) is 5.32 Å². The van der Waals surface area contributed by atoms with Gasteiger partial charge in [0.15, 0.2) is 0 Å². The number of carbonyl (C=O) groups excluding carboxylic acids is 1. The van der Waals surface area contributed by atoms with Crippen LogP contribution in [0.25, 0.3) is 0 Å². The third-order valence-corrected chi connectivity index (χ3v) is 2.78. The molecule has 3 N–H and O–H groups in total. The Labute approximate surface area is 127 Å². The van der Waals surface area contributed by atoms with E-state index in [1.807, 2.05) is 0 Å². The van der Waals surface area contributed by atoms with Crippen molar-refractivity contribution in [2.45, 2.75) is 6.42 Å². The van der Waals surface area contributed by atoms with Crippen LogP contribution in [0.15, 0.2) is 30.9 Å². The minimum atomic E-state index is -1.08. The zero-order valence-electron chi connectivity index (χ0n) is 11.4. The number of anilines is 1. The van der Waals surface area contributed by atoms with Crippen LogP contribution in [0.3, 0.4) is 0 Å². The molecule has 0 bridgehead atoms. The zero-order valence-corrected chi connectivity index (χ0v) is 12.2. The van der Waals surface area contributed by atoms with Gasteiger partial charge in [0.05, 0.1) is 29.5 Å². The molecule has 0 fully saturated rings. The maximum absolute atomic E-state index is 11.6. The molecule has 0 aliphatic carbocycles. The molecule has 0 aliphatic heterocycles. The Balaban J connectivity index is 2.37. The summed E-state index contributed by atoms with van der Waals surface area (Å²) in [4.78, 5) is 22.4. The lowest BCUT2D eigenvalue weighted by atomic mass is 10.2. The highest BCUT2D eigenvalue weighted by Crippen LogP contribution is 2.22. The number of amides is 2. The van der Waals surface area contributed by atoms with Crippen LogP contribution in [0.4, 0.5) is 10.5 Å². The van der Waals surface area contributed by atoms with Gasteiger partial charge in [0.25, 0.3) is 0 Å². The lowest BCUT2D eigenvalue weighted by Crippen LogP contribution is -2.31. The SMILES string of the molecule is C=CCCOCCNC(=O)Nc1ccc(C(=O)O)cc1Cl. The standard InChI is InChI=1S/C14H17ClN2O4/c1-2-3-7-21-8-6-16-14(20)17-12-5-4-10(13(18)19)9-11(12)15/h2,4-5,9H,1,3,6-8H2,(H,18,19)(H2,16,17,20). The molecule has 0 saturated heterocycles. The summed E-state index contributed by atoms with van der Waals surface area (Å²) in [6.07, 6.45) is 2.51. The van der Waals surface area contributed by atoms with Crippen molar-refractivity contribution in [2.24, 2.45) is 0 Å². The van der Waals surface area contributed by atoms with Crippen molar-refractivity contribution in [1.29, 1.82) is 0 Å². The van der Waals surface area contributed by atoms with Crippen LogP contribution in [0.5, 0.6) is 0 Å². The number of rotatable bonds is 8. The molecule has 0 aliphatic rings. The second-order valence-corrected chi connectivity index (χ2v) is 4.48. The molecule has 21 heavy (non-hydrogen) atoms. The summed E-state index contributed by atoms with van der Waals surface area (Å²) < 4.78 is 5.24. The lowest BCUT2D eigenvalue weighted by molar-refractivity contribution is 0.0697. The van der Waals surface area contributed by atoms with Crippen LogP contribution >= 0.6 is 11.6 Å². The predicted molar refractivity (Wildman–Crippen MR) is 81.1 cm³/mol. The Morgan fingerprint density at radius 1 is 1.38 bits per heavy atom. The molecule has 0 atom stereocenters. The van der Waals surface area contributed by atoms with Gasteiger partial charge in [0.1, 0.15) is 0 Å². The smallest absolute Gasteiger partial charge is 0.335 e. The molecule has 1 aromatic carbocycles. The van der Waals surface area contributed by atoms with Crippen molar-refractivity contribution < 1.29 is 19.4 Å². The molecule has 114 valence electrons. The van der Waals surface area contributed by atoms with E-state index in [2.05, 4.69) is 17.2 Å². The van der Waals surface area contributed by atoms with Gasteiger partial charge in [-0.05, 0) is 24.6 Å². The van der Waals surface area contributed by atoms with E-state index in [4.69, 9.17) is 21.4 Å². The molecule has 2 amide bonds. The van der Waals surface area contributed by atoms with Gasteiger partial charge in [-0.15, -0.1) is 6.58 Å². The number of carboxylic acids is 1. The maximum Gasteiger partial charge on any atom is 0.335 e. The molecular weight excluding hydrogens is 296 g/mol. The van der Waals surface area contributed by atoms with Gasteiger partial charge in [0, 0.05) is 6.54 Å². The van der Waals surface area contributed by atoms with Gasteiger partial charge >= 0.3 is 12.0 Å². The molecule has 7 heteroatoms. The second-order valence-electron chi connectivity index (χ2n) is 4.07. The van der Waals surface area contributed by atoms with Gasteiger partial charge in [-0.1, -0.05) is 17.7 Å². The average Bonchev–Trinajstić information content (AvgIpc) is 2.44. The largest absolute Gasteiger partial charge is 0.478 e. The minimum Gasteiger partial charge on any atom is -0.478 e. The van der Waals surface area contributed by atoms with Crippen molar-refractivity contribution in [3.8, 4) is 0 Å². The fourth-order valence-corrected chi connectivity index (χ4v) is 1.65. The van der Waals surface area contributed by atoms with E-state index in [0.717, 1.165) is 6.42 Å². The van der Waals surface area contributed by atoms with Gasteiger partial charge in [-0.3, -0.25) is 0 Å². The number of carboxylic acid groups (broad SMARTS) is 1. The molecule has 1 aromatic rings. The van der Waals surface area contributed by atoms with Crippen LogP contribution in [0.1, 0.15) is 16.8 Å². The normalized spacial score (nSPS) is 9.95. The summed E-state index contributed by atoms with van der Waals surface area (Å²) in [5.41, 5.74) is 0.397. The van der Waals surface area contributed by atoms with Crippen LogP contribution < -0.4 is 10.6 Å². The van der Waals surface area contributed by atoms with E-state index in [9.17, 15) is 9.59 Å². The highest BCUT2D eigenvalue weighted by atomic mass is 35.5. The fraction of sp³-hybridized carbons (Fsp3) is 0.286. The van der Waals surface area contributed by atoms with Gasteiger partial charge in [-0.25, -0.2) is 9.59 Å². The summed E-state index contributed by atoms with van der Waals surface area (Å²) in [5, 5.41) is 14.1. The monoisotopic (exact) mass is 312 g/mol. The summed E-state index contributed by atoms with van der Waals surface area (Å²) >= 11 is 5.90. The molecular formula is C14H17ClN2O4. The summed E-state index contributed by atoms with van der Waals surface area (Å²) in [5.74, 6) is -1.08. The van der Waals surface area contributed by atoms with Gasteiger partial charge in [0.2, 0.25) is 0 Å². The topological polar surface area (TPSA) is 87.7 Å². The third-order valence-electron chi connectivity index (χ3n) is 2.46. The van der Waals surface area contributed by atoms with Crippen LogP contribution in [0, 0.1) is 0 Å². The first-order valence-electron chi connectivity index (χ1n) is 6.31. The van der Waals surface area contributed by atoms with Crippen LogP contribution in [-0.4, -0.2) is 36.9 Å². The highest BCUT2D eigenvalue weighted by molar-refractivity contribution is 6.34. The van der Waals surface area contributed by atoms with E-state index in [-0.39, 0.29) is 10.6 Å². The molecule has 0 saturated carbocycles. The van der Waals surface area contributed by atoms with Gasteiger partial charge < -0.3 is 20.5 Å². The fourth-order valence-electron chi connectivity index (χ4n) is 1.42. The number of urea groups is 1. The Hall–Kier alpha value is -2.05. The number of hydrogen-bond donors (Lipinski definition) is 3. The predicted octanol–water partition coefficient (Wildman–Crippen LogP) is 2.75. The van der Waals surface area contributed by atoms with Crippen molar-refractivity contribution >= 4 is 29.3 Å². The Kier molecular flexibility index (Phi) is 7.28. The van der Waals surface area contributed by atoms with Crippen molar-refractivity contribution in [3.05, 3.63) is 41.4 Å². The Morgan fingerprint density at radius 3 is 2.76 bits per heavy atom. The maximum atomic E-state index is 11.6. The van der Waals surface area contributed by atoms with E-state index in [0.29, 0.717) is 25.4 Å². The van der Waals surface area contributed by atoms with E-state index in [1.165, 1.54) is 18.2 Å². The van der Waals surface area contributed by atoms with Gasteiger partial charge in [-0.2, -0.15) is 0 Å². The Morgan fingerprint density at radius 2 is 2.14 bits per heavy atom. The van der Waals surface area contributed by atoms with Crippen molar-refractivity contribution in [3.63, 3.8) is 0 Å². The quantitative estimate of drug-likeness (QED) is 0.509. The zero-order chi connectivity index (χ0) is 15.7. The molecule has 6 nitrogen and oxygen atoms in total. The number of nitrogens with one attached hydrogen (secondary N) is 2. The van der Waals surface area contributed by atoms with E-state index >= 15 is 0 Å². The number of hydrogen-bond acceptors (Lipinski definition) is 3. The number of benzene rings is 1. The minimum absolute atomic E-state index is 0.0570. The van der Waals surface area contributed by atoms with Crippen LogP contribution in [-0.2, 0) is 4.74 Å². The number of halogens is 1. The number of aromatic carboxylic acids is 1.